The minimum atomic E-state index is -0.221. The summed E-state index contributed by atoms with van der Waals surface area (Å²) in [6.07, 6.45) is 4.54. The van der Waals surface area contributed by atoms with Gasteiger partial charge >= 0.3 is 0 Å². The lowest BCUT2D eigenvalue weighted by atomic mass is 9.93. The van der Waals surface area contributed by atoms with E-state index in [1.807, 2.05) is 6.92 Å². The van der Waals surface area contributed by atoms with Crippen molar-refractivity contribution < 1.29 is 9.90 Å². The summed E-state index contributed by atoms with van der Waals surface area (Å²) < 4.78 is 1.65. The molecule has 4 N–H and O–H groups in total. The van der Waals surface area contributed by atoms with E-state index in [2.05, 4.69) is 10.4 Å². The topological polar surface area (TPSA) is 93.2 Å². The van der Waals surface area contributed by atoms with E-state index in [1.165, 1.54) is 0 Å². The van der Waals surface area contributed by atoms with Crippen LogP contribution in [0, 0.1) is 0 Å². The molecule has 1 saturated carbocycles. The quantitative estimate of drug-likeness (QED) is 0.731. The molecule has 0 atom stereocenters. The Morgan fingerprint density at radius 1 is 1.56 bits per heavy atom. The zero-order valence-electron chi connectivity index (χ0n) is 10.6. The van der Waals surface area contributed by atoms with E-state index in [0.29, 0.717) is 17.9 Å². The van der Waals surface area contributed by atoms with Gasteiger partial charge in [0.1, 0.15) is 0 Å². The number of hydrogen-bond donors (Lipinski definition) is 3. The number of anilines is 1. The first kappa shape index (κ1) is 12.9. The zero-order valence-corrected chi connectivity index (χ0v) is 10.6. The number of nitrogens with zero attached hydrogens (tertiary/aromatic N) is 2. The molecule has 0 saturated heterocycles. The maximum atomic E-state index is 12.0. The molecule has 1 amide bonds. The van der Waals surface area contributed by atoms with Crippen LogP contribution in [0.25, 0.3) is 0 Å². The molecule has 2 rings (SSSR count). The molecule has 1 heterocycles. The van der Waals surface area contributed by atoms with Gasteiger partial charge < -0.3 is 16.2 Å². The lowest BCUT2D eigenvalue weighted by Crippen LogP contribution is -2.39. The van der Waals surface area contributed by atoms with Crippen LogP contribution in [0.5, 0.6) is 0 Å². The zero-order chi connectivity index (χ0) is 13.1. The van der Waals surface area contributed by atoms with Crippen molar-refractivity contribution in [1.82, 2.24) is 15.1 Å². The molecule has 100 valence electrons. The molecule has 18 heavy (non-hydrogen) atoms. The van der Waals surface area contributed by atoms with E-state index >= 15 is 0 Å². The van der Waals surface area contributed by atoms with Crippen LogP contribution in [-0.2, 0) is 6.54 Å². The van der Waals surface area contributed by atoms with Crippen molar-refractivity contribution in [3.63, 3.8) is 0 Å². The molecule has 0 bridgehead atoms. The summed E-state index contributed by atoms with van der Waals surface area (Å²) in [4.78, 5) is 12.0. The Morgan fingerprint density at radius 2 is 2.22 bits per heavy atom. The molecule has 6 heteroatoms. The molecule has 1 aromatic heterocycles. The average molecular weight is 252 g/mol. The van der Waals surface area contributed by atoms with Gasteiger partial charge in [0, 0.05) is 18.8 Å². The summed E-state index contributed by atoms with van der Waals surface area (Å²) in [6, 6.07) is 0.118. The highest BCUT2D eigenvalue weighted by Gasteiger charge is 2.23. The monoisotopic (exact) mass is 252 g/mol. The van der Waals surface area contributed by atoms with E-state index in [4.69, 9.17) is 5.73 Å². The molecule has 1 fully saturated rings. The van der Waals surface area contributed by atoms with Crippen LogP contribution in [0.15, 0.2) is 6.20 Å². The number of rotatable bonds is 3. The van der Waals surface area contributed by atoms with E-state index in [9.17, 15) is 9.90 Å². The summed E-state index contributed by atoms with van der Waals surface area (Å²) in [5, 5.41) is 16.5. The molecular weight excluding hydrogens is 232 g/mol. The number of amides is 1. The van der Waals surface area contributed by atoms with E-state index in [0.717, 1.165) is 25.7 Å². The number of aliphatic hydroxyl groups excluding tert-OH is 1. The molecule has 6 nitrogen and oxygen atoms in total. The van der Waals surface area contributed by atoms with Gasteiger partial charge in [0.25, 0.3) is 5.91 Å². The van der Waals surface area contributed by atoms with Crippen LogP contribution in [-0.4, -0.2) is 32.9 Å². The first-order chi connectivity index (χ1) is 8.60. The lowest BCUT2D eigenvalue weighted by Gasteiger charge is -2.25. The third-order valence-electron chi connectivity index (χ3n) is 3.36. The lowest BCUT2D eigenvalue weighted by molar-refractivity contribution is 0.0863. The van der Waals surface area contributed by atoms with Gasteiger partial charge in [-0.05, 0) is 32.6 Å². The number of hydrogen-bond acceptors (Lipinski definition) is 4. The SMILES string of the molecule is CCn1cc(N)c(C(=O)NC2CCC(O)CC2)n1. The van der Waals surface area contributed by atoms with Crippen molar-refractivity contribution in [2.24, 2.45) is 0 Å². The predicted octanol–water partition coefficient (Wildman–Crippen LogP) is 0.518. The Bertz CT molecular complexity index is 422. The number of nitrogens with one attached hydrogen (secondary N) is 1. The Morgan fingerprint density at radius 3 is 2.78 bits per heavy atom. The highest BCUT2D eigenvalue weighted by Crippen LogP contribution is 2.19. The Hall–Kier alpha value is -1.56. The standard InChI is InChI=1S/C12H20N4O2/c1-2-16-7-10(13)11(15-16)12(18)14-8-3-5-9(17)6-4-8/h7-9,17H,2-6,13H2,1H3,(H,14,18). The molecule has 1 aromatic rings. The molecule has 1 aliphatic carbocycles. The second-order valence-corrected chi connectivity index (χ2v) is 4.77. The minimum absolute atomic E-state index is 0.118. The van der Waals surface area contributed by atoms with Crippen LogP contribution in [0.3, 0.4) is 0 Å². The van der Waals surface area contributed by atoms with E-state index in [1.54, 1.807) is 10.9 Å². The smallest absolute Gasteiger partial charge is 0.274 e. The number of aryl methyl sites for hydroxylation is 1. The fraction of sp³-hybridized carbons (Fsp3) is 0.667. The number of aliphatic hydroxyl groups is 1. The third-order valence-corrected chi connectivity index (χ3v) is 3.36. The molecule has 0 spiro atoms. The Kier molecular flexibility index (Phi) is 3.86. The Labute approximate surface area is 106 Å². The number of nitrogen functional groups attached to an aromatic ring is 1. The summed E-state index contributed by atoms with van der Waals surface area (Å²) >= 11 is 0. The van der Waals surface area contributed by atoms with Gasteiger partial charge in [-0.3, -0.25) is 9.48 Å². The predicted molar refractivity (Wildman–Crippen MR) is 68.0 cm³/mol. The van der Waals surface area contributed by atoms with Crippen LogP contribution >= 0.6 is 0 Å². The summed E-state index contributed by atoms with van der Waals surface area (Å²) in [6.45, 7) is 2.63. The molecular formula is C12H20N4O2. The summed E-state index contributed by atoms with van der Waals surface area (Å²) in [7, 11) is 0. The van der Waals surface area contributed by atoms with Gasteiger partial charge in [-0.1, -0.05) is 0 Å². The molecule has 1 aliphatic rings. The fourth-order valence-corrected chi connectivity index (χ4v) is 2.25. The maximum Gasteiger partial charge on any atom is 0.274 e. The molecule has 0 aromatic carbocycles. The Balaban J connectivity index is 1.96. The molecule has 0 radical (unpaired) electrons. The minimum Gasteiger partial charge on any atom is -0.396 e. The first-order valence-corrected chi connectivity index (χ1v) is 6.42. The van der Waals surface area contributed by atoms with Gasteiger partial charge in [0.05, 0.1) is 11.8 Å². The van der Waals surface area contributed by atoms with Gasteiger partial charge in [-0.2, -0.15) is 5.10 Å². The summed E-state index contributed by atoms with van der Waals surface area (Å²) in [5.41, 5.74) is 6.46. The maximum absolute atomic E-state index is 12.0. The van der Waals surface area contributed by atoms with E-state index in [-0.39, 0.29) is 18.1 Å². The number of carbonyl (C=O) groups is 1. The van der Waals surface area contributed by atoms with Crippen LogP contribution in [0.2, 0.25) is 0 Å². The largest absolute Gasteiger partial charge is 0.396 e. The highest BCUT2D eigenvalue weighted by atomic mass is 16.3. The second-order valence-electron chi connectivity index (χ2n) is 4.77. The van der Waals surface area contributed by atoms with Crippen molar-refractivity contribution in [2.75, 3.05) is 5.73 Å². The number of aromatic nitrogens is 2. The summed E-state index contributed by atoms with van der Waals surface area (Å²) in [5.74, 6) is -0.221. The van der Waals surface area contributed by atoms with Crippen molar-refractivity contribution in [3.8, 4) is 0 Å². The van der Waals surface area contributed by atoms with E-state index < -0.39 is 0 Å². The number of nitrogens with two attached hydrogens (primary N) is 1. The van der Waals surface area contributed by atoms with Gasteiger partial charge in [0.2, 0.25) is 0 Å². The fourth-order valence-electron chi connectivity index (χ4n) is 2.25. The van der Waals surface area contributed by atoms with Crippen molar-refractivity contribution in [3.05, 3.63) is 11.9 Å². The average Bonchev–Trinajstić information content (AvgIpc) is 2.73. The van der Waals surface area contributed by atoms with Crippen LogP contribution < -0.4 is 11.1 Å². The number of carbonyl (C=O) groups excluding carboxylic acids is 1. The van der Waals surface area contributed by atoms with Gasteiger partial charge in [-0.15, -0.1) is 0 Å². The van der Waals surface area contributed by atoms with Crippen molar-refractivity contribution in [1.29, 1.82) is 0 Å². The van der Waals surface area contributed by atoms with Crippen LogP contribution in [0.4, 0.5) is 5.69 Å². The van der Waals surface area contributed by atoms with Gasteiger partial charge in [-0.25, -0.2) is 0 Å². The normalized spacial score (nSPS) is 23.9. The highest BCUT2D eigenvalue weighted by molar-refractivity contribution is 5.97. The molecule has 0 unspecified atom stereocenters. The van der Waals surface area contributed by atoms with Crippen LogP contribution in [0.1, 0.15) is 43.1 Å². The van der Waals surface area contributed by atoms with Crippen molar-refractivity contribution >= 4 is 11.6 Å². The third kappa shape index (κ3) is 2.81. The first-order valence-electron chi connectivity index (χ1n) is 6.42. The van der Waals surface area contributed by atoms with Gasteiger partial charge in [0.15, 0.2) is 5.69 Å². The second kappa shape index (κ2) is 5.39. The van der Waals surface area contributed by atoms with Crippen molar-refractivity contribution in [2.45, 2.75) is 51.3 Å². The molecule has 0 aliphatic heterocycles.